The van der Waals surface area contributed by atoms with Crippen molar-refractivity contribution < 1.29 is 0 Å². The Morgan fingerprint density at radius 2 is 2.16 bits per heavy atom. The Balaban J connectivity index is 1.78. The summed E-state index contributed by atoms with van der Waals surface area (Å²) in [5.41, 5.74) is 2.40. The summed E-state index contributed by atoms with van der Waals surface area (Å²) in [5, 5.41) is 6.97. The fourth-order valence-electron chi connectivity index (χ4n) is 2.28. The van der Waals surface area contributed by atoms with E-state index in [0.29, 0.717) is 6.04 Å². The van der Waals surface area contributed by atoms with Crippen LogP contribution in [0.3, 0.4) is 0 Å². The number of hydrogen-bond donors (Lipinski definition) is 0. The van der Waals surface area contributed by atoms with E-state index in [0.717, 1.165) is 29.6 Å². The quantitative estimate of drug-likeness (QED) is 0.868. The van der Waals surface area contributed by atoms with Crippen molar-refractivity contribution in [1.82, 2.24) is 14.5 Å². The molecule has 1 aromatic heterocycles. The fraction of sp³-hybridized carbons (Fsp3) is 0.385. The van der Waals surface area contributed by atoms with Gasteiger partial charge in [0.25, 0.3) is 0 Å². The van der Waals surface area contributed by atoms with Gasteiger partial charge in [-0.2, -0.15) is 11.8 Å². The van der Waals surface area contributed by atoms with E-state index in [2.05, 4.69) is 26.6 Å². The summed E-state index contributed by atoms with van der Waals surface area (Å²) in [6.07, 6.45) is 0. The van der Waals surface area contributed by atoms with Crippen LogP contribution in [0, 0.1) is 0 Å². The Morgan fingerprint density at radius 1 is 1.32 bits per heavy atom. The lowest BCUT2D eigenvalue weighted by Crippen LogP contribution is -2.35. The van der Waals surface area contributed by atoms with Crippen LogP contribution < -0.4 is 0 Å². The molecule has 6 heteroatoms. The van der Waals surface area contributed by atoms with Crippen LogP contribution >= 0.6 is 34.9 Å². The molecule has 3 nitrogen and oxygen atoms in total. The lowest BCUT2D eigenvalue weighted by atomic mass is 10.1. The van der Waals surface area contributed by atoms with Crippen molar-refractivity contribution in [3.05, 3.63) is 45.9 Å². The molecule has 19 heavy (non-hydrogen) atoms. The first-order chi connectivity index (χ1) is 9.33. The zero-order valence-electron chi connectivity index (χ0n) is 10.3. The van der Waals surface area contributed by atoms with Gasteiger partial charge < -0.3 is 0 Å². The van der Waals surface area contributed by atoms with Crippen LogP contribution in [-0.4, -0.2) is 32.5 Å². The van der Waals surface area contributed by atoms with E-state index in [1.807, 2.05) is 29.3 Å². The molecule has 100 valence electrons. The zero-order valence-corrected chi connectivity index (χ0v) is 12.7. The topological polar surface area (TPSA) is 29.0 Å². The predicted molar refractivity (Wildman–Crippen MR) is 81.8 cm³/mol. The van der Waals surface area contributed by atoms with Gasteiger partial charge in [0.2, 0.25) is 0 Å². The highest BCUT2D eigenvalue weighted by atomic mass is 35.5. The molecule has 2 heterocycles. The highest BCUT2D eigenvalue weighted by molar-refractivity contribution is 7.99. The van der Waals surface area contributed by atoms with E-state index in [-0.39, 0.29) is 0 Å². The number of rotatable bonds is 3. The predicted octanol–water partition coefficient (Wildman–Crippen LogP) is 3.48. The summed E-state index contributed by atoms with van der Waals surface area (Å²) < 4.78 is 3.94. The highest BCUT2D eigenvalue weighted by Crippen LogP contribution is 2.31. The average Bonchev–Trinajstić information content (AvgIpc) is 2.93. The second-order valence-electron chi connectivity index (χ2n) is 4.51. The van der Waals surface area contributed by atoms with E-state index in [4.69, 9.17) is 11.6 Å². The standard InChI is InChI=1S/C13H14ClN3S2/c14-11-3-1-10(2-4-11)13-9-18-6-5-17(13)7-12-8-19-16-15-12/h1-4,8,13H,5-7,9H2. The number of benzene rings is 1. The van der Waals surface area contributed by atoms with Crippen LogP contribution in [0.25, 0.3) is 0 Å². The Bertz CT molecular complexity index is 515. The lowest BCUT2D eigenvalue weighted by Gasteiger charge is -2.35. The summed E-state index contributed by atoms with van der Waals surface area (Å²) in [7, 11) is 0. The van der Waals surface area contributed by atoms with Crippen LogP contribution in [0.1, 0.15) is 17.3 Å². The summed E-state index contributed by atoms with van der Waals surface area (Å²) in [5.74, 6) is 2.31. The largest absolute Gasteiger partial charge is 0.289 e. The molecule has 0 amide bonds. The van der Waals surface area contributed by atoms with Crippen molar-refractivity contribution in [2.75, 3.05) is 18.1 Å². The van der Waals surface area contributed by atoms with E-state index in [9.17, 15) is 0 Å². The van der Waals surface area contributed by atoms with Gasteiger partial charge in [0, 0.05) is 41.0 Å². The monoisotopic (exact) mass is 311 g/mol. The van der Waals surface area contributed by atoms with E-state index >= 15 is 0 Å². The van der Waals surface area contributed by atoms with Crippen molar-refractivity contribution in [2.45, 2.75) is 12.6 Å². The van der Waals surface area contributed by atoms with Gasteiger partial charge in [-0.05, 0) is 29.2 Å². The molecule has 0 radical (unpaired) electrons. The molecule has 1 fully saturated rings. The maximum absolute atomic E-state index is 5.97. The van der Waals surface area contributed by atoms with Gasteiger partial charge in [-0.3, -0.25) is 4.90 Å². The molecule has 1 atom stereocenters. The molecule has 1 aliphatic rings. The zero-order chi connectivity index (χ0) is 13.1. The highest BCUT2D eigenvalue weighted by Gasteiger charge is 2.24. The van der Waals surface area contributed by atoms with E-state index in [1.54, 1.807) is 0 Å². The summed E-state index contributed by atoms with van der Waals surface area (Å²) in [6.45, 7) is 1.97. The number of aromatic nitrogens is 2. The minimum atomic E-state index is 0.442. The second-order valence-corrected chi connectivity index (χ2v) is 6.71. The SMILES string of the molecule is Clc1ccc(C2CSCCN2Cc2csnn2)cc1. The third-order valence-corrected chi connectivity index (χ3v) is 5.09. The van der Waals surface area contributed by atoms with Crippen molar-refractivity contribution in [3.8, 4) is 0 Å². The number of halogens is 1. The summed E-state index contributed by atoms with van der Waals surface area (Å²) in [4.78, 5) is 2.48. The van der Waals surface area contributed by atoms with Gasteiger partial charge in [-0.1, -0.05) is 28.2 Å². The van der Waals surface area contributed by atoms with Gasteiger partial charge in [0.15, 0.2) is 0 Å². The molecule has 3 rings (SSSR count). The Hall–Kier alpha value is -0.620. The van der Waals surface area contributed by atoms with Gasteiger partial charge >= 0.3 is 0 Å². The first-order valence-corrected chi connectivity index (χ1v) is 8.53. The van der Waals surface area contributed by atoms with Gasteiger partial charge in [0.1, 0.15) is 0 Å². The average molecular weight is 312 g/mol. The van der Waals surface area contributed by atoms with E-state index < -0.39 is 0 Å². The summed E-state index contributed by atoms with van der Waals surface area (Å²) >= 11 is 9.39. The summed E-state index contributed by atoms with van der Waals surface area (Å²) in [6, 6.07) is 8.64. The number of nitrogens with zero attached hydrogens (tertiary/aromatic N) is 3. The van der Waals surface area contributed by atoms with Crippen LogP contribution in [0.4, 0.5) is 0 Å². The Kier molecular flexibility index (Phi) is 4.38. The molecular weight excluding hydrogens is 298 g/mol. The maximum atomic E-state index is 5.97. The fourth-order valence-corrected chi connectivity index (χ4v) is 4.01. The molecule has 1 saturated heterocycles. The van der Waals surface area contributed by atoms with Gasteiger partial charge in [-0.15, -0.1) is 5.10 Å². The van der Waals surface area contributed by atoms with Crippen LogP contribution in [-0.2, 0) is 6.54 Å². The second kappa shape index (κ2) is 6.22. The molecule has 1 aliphatic heterocycles. The molecule has 0 aliphatic carbocycles. The Morgan fingerprint density at radius 3 is 2.89 bits per heavy atom. The van der Waals surface area contributed by atoms with Gasteiger partial charge in [0.05, 0.1) is 5.69 Å². The van der Waals surface area contributed by atoms with Crippen LogP contribution in [0.5, 0.6) is 0 Å². The van der Waals surface area contributed by atoms with Crippen molar-refractivity contribution in [2.24, 2.45) is 0 Å². The lowest BCUT2D eigenvalue weighted by molar-refractivity contribution is 0.209. The molecule has 0 bridgehead atoms. The van der Waals surface area contributed by atoms with Crippen molar-refractivity contribution >= 4 is 34.9 Å². The van der Waals surface area contributed by atoms with E-state index in [1.165, 1.54) is 22.8 Å². The van der Waals surface area contributed by atoms with Crippen molar-refractivity contribution in [1.29, 1.82) is 0 Å². The molecule has 2 aromatic rings. The van der Waals surface area contributed by atoms with Crippen LogP contribution in [0.2, 0.25) is 5.02 Å². The maximum Gasteiger partial charge on any atom is 0.0895 e. The third-order valence-electron chi connectivity index (χ3n) is 3.26. The smallest absolute Gasteiger partial charge is 0.0895 e. The molecule has 1 unspecified atom stereocenters. The van der Waals surface area contributed by atoms with Crippen LogP contribution in [0.15, 0.2) is 29.6 Å². The Labute approximate surface area is 126 Å². The number of hydrogen-bond acceptors (Lipinski definition) is 5. The minimum absolute atomic E-state index is 0.442. The normalized spacial score (nSPS) is 20.6. The van der Waals surface area contributed by atoms with Crippen molar-refractivity contribution in [3.63, 3.8) is 0 Å². The molecule has 0 saturated carbocycles. The van der Waals surface area contributed by atoms with Gasteiger partial charge in [-0.25, -0.2) is 0 Å². The first-order valence-electron chi connectivity index (χ1n) is 6.16. The third kappa shape index (κ3) is 3.28. The molecule has 0 spiro atoms. The number of thioether (sulfide) groups is 1. The molecule has 0 N–H and O–H groups in total. The first kappa shape index (κ1) is 13.4. The molecular formula is C13H14ClN3S2. The minimum Gasteiger partial charge on any atom is -0.289 e. The molecule has 1 aromatic carbocycles.